The summed E-state index contributed by atoms with van der Waals surface area (Å²) < 4.78 is 4.48. The fourth-order valence-electron chi connectivity index (χ4n) is 0.276. The first-order valence-electron chi connectivity index (χ1n) is 2.42. The van der Waals surface area contributed by atoms with Crippen LogP contribution in [-0.2, 0) is 9.53 Å². The predicted molar refractivity (Wildman–Crippen MR) is 37.2 cm³/mol. The summed E-state index contributed by atoms with van der Waals surface area (Å²) in [6.07, 6.45) is 0. The van der Waals surface area contributed by atoms with E-state index < -0.39 is 0 Å². The standard InChI is InChI=1S/C5H11O2P/c1-5(2,8)4(6)7-3/h8H2,1-3H3/p+1. The zero-order valence-corrected chi connectivity index (χ0v) is 6.94. The van der Waals surface area contributed by atoms with Gasteiger partial charge in [0.25, 0.3) is 0 Å². The summed E-state index contributed by atoms with van der Waals surface area (Å²) >= 11 is 0. The van der Waals surface area contributed by atoms with Crippen molar-refractivity contribution in [1.82, 2.24) is 0 Å². The summed E-state index contributed by atoms with van der Waals surface area (Å²) in [6, 6.07) is 0. The van der Waals surface area contributed by atoms with Crippen molar-refractivity contribution < 1.29 is 9.53 Å². The Bertz CT molecular complexity index is 93.1. The number of rotatable bonds is 1. The van der Waals surface area contributed by atoms with E-state index in [1.165, 1.54) is 7.11 Å². The van der Waals surface area contributed by atoms with Gasteiger partial charge in [-0.1, -0.05) is 0 Å². The number of ether oxygens (including phenoxy) is 1. The van der Waals surface area contributed by atoms with Gasteiger partial charge in [-0.25, -0.2) is 4.79 Å². The monoisotopic (exact) mass is 135 g/mol. The zero-order valence-electron chi connectivity index (χ0n) is 5.52. The number of hydrogen-bond donors (Lipinski definition) is 0. The van der Waals surface area contributed by atoms with E-state index >= 15 is 0 Å². The van der Waals surface area contributed by atoms with Gasteiger partial charge in [-0.05, 0) is 23.1 Å². The van der Waals surface area contributed by atoms with Crippen LogP contribution in [0, 0.1) is 0 Å². The van der Waals surface area contributed by atoms with E-state index in [9.17, 15) is 4.79 Å². The Kier molecular flexibility index (Phi) is 2.42. The van der Waals surface area contributed by atoms with Crippen LogP contribution in [0.5, 0.6) is 0 Å². The van der Waals surface area contributed by atoms with Crippen molar-refractivity contribution in [3.8, 4) is 0 Å². The van der Waals surface area contributed by atoms with Crippen LogP contribution in [0.15, 0.2) is 0 Å². The van der Waals surface area contributed by atoms with Crippen LogP contribution < -0.4 is 0 Å². The Labute approximate surface area is 51.8 Å². The van der Waals surface area contributed by atoms with Gasteiger partial charge < -0.3 is 4.74 Å². The smallest absolute Gasteiger partial charge is 0.348 e. The average molecular weight is 135 g/mol. The summed E-state index contributed by atoms with van der Waals surface area (Å²) in [5, 5.41) is -0.325. The first-order chi connectivity index (χ1) is 3.48. The molecule has 0 aromatic heterocycles. The van der Waals surface area contributed by atoms with Gasteiger partial charge in [0, 0.05) is 0 Å². The van der Waals surface area contributed by atoms with Gasteiger partial charge >= 0.3 is 5.97 Å². The third kappa shape index (κ3) is 2.27. The second-order valence-electron chi connectivity index (χ2n) is 2.38. The topological polar surface area (TPSA) is 26.3 Å². The van der Waals surface area contributed by atoms with Gasteiger partial charge in [-0.15, -0.1) is 0 Å². The molecule has 0 aromatic rings. The molecule has 0 saturated heterocycles. The fraction of sp³-hybridized carbons (Fsp3) is 0.800. The van der Waals surface area contributed by atoms with E-state index in [1.54, 1.807) is 9.24 Å². The minimum atomic E-state index is -0.325. The molecule has 0 rings (SSSR count). The van der Waals surface area contributed by atoms with E-state index in [4.69, 9.17) is 0 Å². The molecule has 2 nitrogen and oxygen atoms in total. The van der Waals surface area contributed by atoms with Crippen LogP contribution in [-0.4, -0.2) is 18.2 Å². The molecule has 0 heterocycles. The quantitative estimate of drug-likeness (QED) is 0.387. The molecule has 0 bridgehead atoms. The van der Waals surface area contributed by atoms with Crippen LogP contribution >= 0.6 is 9.24 Å². The molecule has 0 aromatic carbocycles. The van der Waals surface area contributed by atoms with E-state index in [2.05, 4.69) is 4.74 Å². The Morgan fingerprint density at radius 1 is 1.62 bits per heavy atom. The largest absolute Gasteiger partial charge is 0.466 e. The molecule has 0 spiro atoms. The number of esters is 1. The molecule has 0 radical (unpaired) electrons. The molecule has 0 aliphatic rings. The zero-order chi connectivity index (χ0) is 6.78. The Morgan fingerprint density at radius 3 is 2.00 bits per heavy atom. The molecule has 0 amide bonds. The minimum absolute atomic E-state index is 0.157. The highest BCUT2D eigenvalue weighted by atomic mass is 31.0. The molecule has 0 aliphatic heterocycles. The Morgan fingerprint density at radius 2 is 2.00 bits per heavy atom. The highest BCUT2D eigenvalue weighted by molar-refractivity contribution is 7.20. The Balaban J connectivity index is 3.82. The van der Waals surface area contributed by atoms with Crippen molar-refractivity contribution >= 4 is 15.2 Å². The summed E-state index contributed by atoms with van der Waals surface area (Å²) in [4.78, 5) is 10.6. The van der Waals surface area contributed by atoms with Crippen LogP contribution in [0.3, 0.4) is 0 Å². The summed E-state index contributed by atoms with van der Waals surface area (Å²) in [6.45, 7) is 3.66. The molecule has 1 atom stereocenters. The van der Waals surface area contributed by atoms with Gasteiger partial charge in [0.1, 0.15) is 0 Å². The highest BCUT2D eigenvalue weighted by Gasteiger charge is 2.27. The predicted octanol–water partition coefficient (Wildman–Crippen LogP) is 0.545. The molecule has 48 valence electrons. The fourth-order valence-corrected chi connectivity index (χ4v) is 0.421. The molecular weight excluding hydrogens is 123 g/mol. The third-order valence-electron chi connectivity index (χ3n) is 0.738. The molecule has 8 heavy (non-hydrogen) atoms. The highest BCUT2D eigenvalue weighted by Crippen LogP contribution is 2.16. The lowest BCUT2D eigenvalue weighted by Gasteiger charge is -2.07. The summed E-state index contributed by atoms with van der Waals surface area (Å²) in [5.41, 5.74) is 0. The summed E-state index contributed by atoms with van der Waals surface area (Å²) in [7, 11) is 3.02. The number of methoxy groups -OCH3 is 1. The summed E-state index contributed by atoms with van der Waals surface area (Å²) in [5.74, 6) is -0.157. The second-order valence-corrected chi connectivity index (χ2v) is 4.14. The molecule has 1 unspecified atom stereocenters. The average Bonchev–Trinajstić information content (AvgIpc) is 1.62. The van der Waals surface area contributed by atoms with E-state index in [0.29, 0.717) is 0 Å². The van der Waals surface area contributed by atoms with Crippen molar-refractivity contribution in [3.05, 3.63) is 0 Å². The second kappa shape index (κ2) is 2.45. The molecule has 0 fully saturated rings. The van der Waals surface area contributed by atoms with Gasteiger partial charge in [-0.2, -0.15) is 0 Å². The molecular formula is C5H12O2P+. The van der Waals surface area contributed by atoms with Crippen LogP contribution in [0.4, 0.5) is 0 Å². The lowest BCUT2D eigenvalue weighted by atomic mass is 10.2. The first kappa shape index (κ1) is 7.90. The van der Waals surface area contributed by atoms with E-state index in [-0.39, 0.29) is 11.1 Å². The third-order valence-corrected chi connectivity index (χ3v) is 1.03. The van der Waals surface area contributed by atoms with Crippen LogP contribution in [0.1, 0.15) is 13.8 Å². The van der Waals surface area contributed by atoms with Gasteiger partial charge in [0.05, 0.1) is 7.11 Å². The maximum atomic E-state index is 10.6. The lowest BCUT2D eigenvalue weighted by Crippen LogP contribution is -2.24. The number of carbonyl (C=O) groups excluding carboxylic acids is 1. The molecule has 0 aliphatic carbocycles. The molecule has 3 heteroatoms. The van der Waals surface area contributed by atoms with Crippen molar-refractivity contribution in [3.63, 3.8) is 0 Å². The lowest BCUT2D eigenvalue weighted by molar-refractivity contribution is -0.142. The van der Waals surface area contributed by atoms with Crippen molar-refractivity contribution in [2.24, 2.45) is 0 Å². The van der Waals surface area contributed by atoms with Crippen LogP contribution in [0.2, 0.25) is 0 Å². The molecule has 0 N–H and O–H groups in total. The van der Waals surface area contributed by atoms with E-state index in [0.717, 1.165) is 0 Å². The van der Waals surface area contributed by atoms with Crippen molar-refractivity contribution in [1.29, 1.82) is 0 Å². The van der Waals surface area contributed by atoms with Crippen LogP contribution in [0.25, 0.3) is 0 Å². The SMILES string of the molecule is COC(=O)C(C)(C)[PH3+]. The maximum absolute atomic E-state index is 10.6. The minimum Gasteiger partial charge on any atom is -0.466 e. The maximum Gasteiger partial charge on any atom is 0.348 e. The number of hydrogen-bond acceptors (Lipinski definition) is 2. The van der Waals surface area contributed by atoms with E-state index in [1.807, 2.05) is 13.8 Å². The van der Waals surface area contributed by atoms with Gasteiger partial charge in [0.2, 0.25) is 0 Å². The first-order valence-corrected chi connectivity index (χ1v) is 3.13. The number of carbonyl (C=O) groups is 1. The van der Waals surface area contributed by atoms with Gasteiger partial charge in [-0.3, -0.25) is 0 Å². The Hall–Kier alpha value is -0.100. The van der Waals surface area contributed by atoms with Crippen molar-refractivity contribution in [2.45, 2.75) is 19.0 Å². The van der Waals surface area contributed by atoms with Crippen molar-refractivity contribution in [2.75, 3.05) is 7.11 Å². The normalized spacial score (nSPS) is 11.4. The molecule has 0 saturated carbocycles. The van der Waals surface area contributed by atoms with Gasteiger partial charge in [0.15, 0.2) is 5.16 Å².